The summed E-state index contributed by atoms with van der Waals surface area (Å²) in [6.07, 6.45) is 2.16. The van der Waals surface area contributed by atoms with Crippen molar-refractivity contribution in [2.75, 3.05) is 23.5 Å². The van der Waals surface area contributed by atoms with Crippen LogP contribution in [0.4, 0.5) is 5.00 Å². The molecule has 1 fully saturated rings. The first-order valence-electron chi connectivity index (χ1n) is 8.32. The molecule has 26 heavy (non-hydrogen) atoms. The van der Waals surface area contributed by atoms with Gasteiger partial charge in [-0.15, -0.1) is 21.5 Å². The van der Waals surface area contributed by atoms with E-state index in [1.807, 2.05) is 13.8 Å². The van der Waals surface area contributed by atoms with Crippen LogP contribution in [-0.2, 0) is 9.53 Å². The first-order chi connectivity index (χ1) is 12.4. The van der Waals surface area contributed by atoms with Gasteiger partial charge in [-0.25, -0.2) is 9.47 Å². The molecule has 1 aliphatic carbocycles. The molecule has 0 spiro atoms. The number of ether oxygens (including phenoxy) is 1. The van der Waals surface area contributed by atoms with Crippen LogP contribution in [0.3, 0.4) is 0 Å². The van der Waals surface area contributed by atoms with Gasteiger partial charge in [0.1, 0.15) is 5.00 Å². The molecule has 140 valence electrons. The zero-order chi connectivity index (χ0) is 18.8. The van der Waals surface area contributed by atoms with Crippen LogP contribution >= 0.6 is 23.1 Å². The summed E-state index contributed by atoms with van der Waals surface area (Å²) in [5.74, 6) is 6.60. The molecule has 1 aliphatic rings. The number of aromatic nitrogens is 3. The molecular weight excluding hydrogens is 374 g/mol. The van der Waals surface area contributed by atoms with E-state index in [0.29, 0.717) is 21.6 Å². The number of hydrogen-bond acceptors (Lipinski definition) is 8. The van der Waals surface area contributed by atoms with Crippen molar-refractivity contribution in [2.45, 2.75) is 44.7 Å². The normalized spacial score (nSPS) is 13.7. The number of thioether (sulfide) groups is 1. The first kappa shape index (κ1) is 18.7. The van der Waals surface area contributed by atoms with E-state index >= 15 is 0 Å². The number of carbonyl (C=O) groups is 2. The van der Waals surface area contributed by atoms with Crippen LogP contribution in [0, 0.1) is 13.8 Å². The minimum Gasteiger partial charge on any atom is -0.462 e. The summed E-state index contributed by atoms with van der Waals surface area (Å²) in [7, 11) is 0. The van der Waals surface area contributed by atoms with Crippen LogP contribution < -0.4 is 11.2 Å². The van der Waals surface area contributed by atoms with Crippen LogP contribution in [0.25, 0.3) is 0 Å². The SMILES string of the molecule is CCOC(=O)c1c(NC(=O)CSc2nnc(C3CC3)n2N)sc(C)c1C. The maximum atomic E-state index is 12.3. The molecule has 1 amide bonds. The Morgan fingerprint density at radius 1 is 1.38 bits per heavy atom. The predicted octanol–water partition coefficient (Wildman–Crippen LogP) is 2.46. The fraction of sp³-hybridized carbons (Fsp3) is 0.500. The van der Waals surface area contributed by atoms with E-state index in [1.165, 1.54) is 27.8 Å². The van der Waals surface area contributed by atoms with Gasteiger partial charge in [-0.1, -0.05) is 11.8 Å². The smallest absolute Gasteiger partial charge is 0.341 e. The number of anilines is 1. The molecule has 2 aromatic heterocycles. The first-order valence-corrected chi connectivity index (χ1v) is 10.1. The van der Waals surface area contributed by atoms with Crippen molar-refractivity contribution >= 4 is 40.0 Å². The van der Waals surface area contributed by atoms with Gasteiger partial charge in [0.15, 0.2) is 5.82 Å². The molecule has 0 radical (unpaired) electrons. The third kappa shape index (κ3) is 3.85. The van der Waals surface area contributed by atoms with Crippen molar-refractivity contribution in [3.63, 3.8) is 0 Å². The standard InChI is InChI=1S/C16H21N5O3S2/c1-4-24-15(23)12-8(2)9(3)26-14(12)18-11(22)7-25-16-20-19-13(21(16)17)10-5-6-10/h10H,4-7,17H2,1-3H3,(H,18,22). The van der Waals surface area contributed by atoms with E-state index in [9.17, 15) is 9.59 Å². The van der Waals surface area contributed by atoms with Crippen LogP contribution in [0.15, 0.2) is 5.16 Å². The highest BCUT2D eigenvalue weighted by molar-refractivity contribution is 7.99. The molecule has 10 heteroatoms. The van der Waals surface area contributed by atoms with Crippen molar-refractivity contribution in [1.29, 1.82) is 0 Å². The Morgan fingerprint density at radius 3 is 2.77 bits per heavy atom. The third-order valence-corrected chi connectivity index (χ3v) is 6.15. The van der Waals surface area contributed by atoms with Crippen molar-refractivity contribution in [2.24, 2.45) is 0 Å². The van der Waals surface area contributed by atoms with Gasteiger partial charge >= 0.3 is 5.97 Å². The molecule has 0 unspecified atom stereocenters. The number of esters is 1. The highest BCUT2D eigenvalue weighted by atomic mass is 32.2. The lowest BCUT2D eigenvalue weighted by Crippen LogP contribution is -2.18. The van der Waals surface area contributed by atoms with E-state index in [2.05, 4.69) is 15.5 Å². The lowest BCUT2D eigenvalue weighted by Gasteiger charge is -2.07. The van der Waals surface area contributed by atoms with E-state index in [0.717, 1.165) is 29.1 Å². The number of nitrogens with two attached hydrogens (primary N) is 1. The Labute approximate surface area is 159 Å². The minimum absolute atomic E-state index is 0.123. The lowest BCUT2D eigenvalue weighted by atomic mass is 10.1. The maximum Gasteiger partial charge on any atom is 0.341 e. The monoisotopic (exact) mass is 395 g/mol. The Morgan fingerprint density at radius 2 is 2.12 bits per heavy atom. The number of nitrogens with one attached hydrogen (secondary N) is 1. The maximum absolute atomic E-state index is 12.3. The fourth-order valence-corrected chi connectivity index (χ4v) is 4.19. The zero-order valence-electron chi connectivity index (χ0n) is 14.9. The Balaban J connectivity index is 1.65. The highest BCUT2D eigenvalue weighted by Gasteiger charge is 2.30. The van der Waals surface area contributed by atoms with Crippen LogP contribution in [0.5, 0.6) is 0 Å². The lowest BCUT2D eigenvalue weighted by molar-refractivity contribution is -0.113. The summed E-state index contributed by atoms with van der Waals surface area (Å²) in [6.45, 7) is 5.79. The van der Waals surface area contributed by atoms with Gasteiger partial charge in [0.05, 0.1) is 17.9 Å². The number of carbonyl (C=O) groups excluding carboxylic acids is 2. The van der Waals surface area contributed by atoms with Crippen molar-refractivity contribution in [3.8, 4) is 0 Å². The predicted molar refractivity (Wildman–Crippen MR) is 101 cm³/mol. The van der Waals surface area contributed by atoms with Gasteiger partial charge in [0.2, 0.25) is 11.1 Å². The van der Waals surface area contributed by atoms with Gasteiger partial charge in [-0.05, 0) is 39.2 Å². The van der Waals surface area contributed by atoms with E-state index in [-0.39, 0.29) is 18.3 Å². The quantitative estimate of drug-likeness (QED) is 0.421. The zero-order valence-corrected chi connectivity index (χ0v) is 16.5. The van der Waals surface area contributed by atoms with E-state index in [1.54, 1.807) is 6.92 Å². The summed E-state index contributed by atoms with van der Waals surface area (Å²) in [6, 6.07) is 0. The van der Waals surface area contributed by atoms with E-state index in [4.69, 9.17) is 10.6 Å². The van der Waals surface area contributed by atoms with Crippen LogP contribution in [-0.4, -0.2) is 39.1 Å². The molecule has 0 saturated heterocycles. The second-order valence-corrected chi connectivity index (χ2v) is 8.20. The molecule has 0 aliphatic heterocycles. The van der Waals surface area contributed by atoms with Crippen LogP contribution in [0.2, 0.25) is 0 Å². The molecule has 8 nitrogen and oxygen atoms in total. The van der Waals surface area contributed by atoms with Crippen molar-refractivity contribution < 1.29 is 14.3 Å². The fourth-order valence-electron chi connectivity index (χ4n) is 2.46. The molecule has 1 saturated carbocycles. The largest absolute Gasteiger partial charge is 0.462 e. The second-order valence-electron chi connectivity index (χ2n) is 6.03. The van der Waals surface area contributed by atoms with Crippen LogP contribution in [0.1, 0.15) is 52.3 Å². The number of thiophene rings is 1. The van der Waals surface area contributed by atoms with Crippen molar-refractivity contribution in [1.82, 2.24) is 14.9 Å². The molecule has 2 heterocycles. The van der Waals surface area contributed by atoms with Crippen molar-refractivity contribution in [3.05, 3.63) is 21.8 Å². The topological polar surface area (TPSA) is 112 Å². The number of nitrogen functional groups attached to an aromatic ring is 1. The molecule has 3 N–H and O–H groups in total. The van der Waals surface area contributed by atoms with E-state index < -0.39 is 5.97 Å². The number of amides is 1. The number of aryl methyl sites for hydroxylation is 1. The third-order valence-electron chi connectivity index (χ3n) is 4.08. The Bertz CT molecular complexity index is 841. The minimum atomic E-state index is -0.423. The molecule has 0 atom stereocenters. The Kier molecular flexibility index (Phi) is 5.52. The number of hydrogen-bond donors (Lipinski definition) is 2. The highest BCUT2D eigenvalue weighted by Crippen LogP contribution is 2.39. The number of nitrogens with zero attached hydrogens (tertiary/aromatic N) is 3. The van der Waals surface area contributed by atoms with Gasteiger partial charge in [-0.3, -0.25) is 4.79 Å². The van der Waals surface area contributed by atoms with Gasteiger partial charge in [0.25, 0.3) is 0 Å². The summed E-state index contributed by atoms with van der Waals surface area (Å²) in [5.41, 5.74) is 1.25. The van der Waals surface area contributed by atoms with Gasteiger partial charge in [-0.2, -0.15) is 0 Å². The second kappa shape index (κ2) is 7.67. The number of rotatable bonds is 7. The molecule has 0 bridgehead atoms. The summed E-state index contributed by atoms with van der Waals surface area (Å²) in [4.78, 5) is 25.5. The average molecular weight is 396 g/mol. The molecule has 2 aromatic rings. The summed E-state index contributed by atoms with van der Waals surface area (Å²) < 4.78 is 6.55. The molecule has 3 rings (SSSR count). The molecular formula is C16H21N5O3S2. The van der Waals surface area contributed by atoms with Gasteiger partial charge < -0.3 is 15.9 Å². The van der Waals surface area contributed by atoms with Gasteiger partial charge in [0, 0.05) is 10.8 Å². The summed E-state index contributed by atoms with van der Waals surface area (Å²) in [5, 5.41) is 12.0. The Hall–Kier alpha value is -2.07. The molecule has 0 aromatic carbocycles. The average Bonchev–Trinajstić information content (AvgIpc) is 3.30. The summed E-state index contributed by atoms with van der Waals surface area (Å²) >= 11 is 2.58.